The van der Waals surface area contributed by atoms with Crippen molar-refractivity contribution in [3.63, 3.8) is 0 Å². The monoisotopic (exact) mass is 338 g/mol. The third-order valence-electron chi connectivity index (χ3n) is 3.76. The number of aryl methyl sites for hydroxylation is 1. The molecule has 0 fully saturated rings. The fraction of sp³-hybridized carbons (Fsp3) is 0.158. The molecule has 1 aromatic heterocycles. The predicted octanol–water partition coefficient (Wildman–Crippen LogP) is 2.86. The molecule has 0 aliphatic rings. The Kier molecular flexibility index (Phi) is 4.70. The highest BCUT2D eigenvalue weighted by Gasteiger charge is 2.08. The molecule has 3 rings (SSSR count). The van der Waals surface area contributed by atoms with Crippen LogP contribution in [0.15, 0.2) is 53.3 Å². The molecule has 2 N–H and O–H groups in total. The van der Waals surface area contributed by atoms with Gasteiger partial charge in [-0.25, -0.2) is 0 Å². The van der Waals surface area contributed by atoms with Crippen LogP contribution in [0.1, 0.15) is 5.56 Å². The summed E-state index contributed by atoms with van der Waals surface area (Å²) < 4.78 is 10.7. The SMILES string of the molecule is COc1ccccc1OCC(=O)Nc1ccc2c(C)cc(=O)[nH]c2c1. The number of hydrogen-bond donors (Lipinski definition) is 2. The van der Waals surface area contributed by atoms with Gasteiger partial charge >= 0.3 is 0 Å². The van der Waals surface area contributed by atoms with Crippen molar-refractivity contribution in [1.29, 1.82) is 0 Å². The average molecular weight is 338 g/mol. The van der Waals surface area contributed by atoms with E-state index in [1.165, 1.54) is 0 Å². The third-order valence-corrected chi connectivity index (χ3v) is 3.76. The minimum Gasteiger partial charge on any atom is -0.493 e. The van der Waals surface area contributed by atoms with Crippen molar-refractivity contribution < 1.29 is 14.3 Å². The van der Waals surface area contributed by atoms with Gasteiger partial charge in [0.15, 0.2) is 18.1 Å². The summed E-state index contributed by atoms with van der Waals surface area (Å²) in [5, 5.41) is 3.69. The van der Waals surface area contributed by atoms with Crippen molar-refractivity contribution in [1.82, 2.24) is 4.98 Å². The second kappa shape index (κ2) is 7.09. The number of amides is 1. The molecule has 2 aromatic carbocycles. The van der Waals surface area contributed by atoms with Crippen LogP contribution in [0.3, 0.4) is 0 Å². The summed E-state index contributed by atoms with van der Waals surface area (Å²) >= 11 is 0. The topological polar surface area (TPSA) is 80.4 Å². The number of hydrogen-bond acceptors (Lipinski definition) is 4. The van der Waals surface area contributed by atoms with Crippen molar-refractivity contribution in [3.8, 4) is 11.5 Å². The van der Waals surface area contributed by atoms with E-state index in [0.717, 1.165) is 10.9 Å². The van der Waals surface area contributed by atoms with Gasteiger partial charge in [0, 0.05) is 17.1 Å². The van der Waals surface area contributed by atoms with Crippen LogP contribution < -0.4 is 20.3 Å². The van der Waals surface area contributed by atoms with Gasteiger partial charge in [0.05, 0.1) is 12.6 Å². The fourth-order valence-corrected chi connectivity index (χ4v) is 2.59. The molecule has 1 heterocycles. The standard InChI is InChI=1S/C19H18N2O4/c1-12-9-18(22)21-15-10-13(7-8-14(12)15)20-19(23)11-25-17-6-4-3-5-16(17)24-2/h3-10H,11H2,1-2H3,(H,20,23)(H,21,22). The number of aromatic amines is 1. The third kappa shape index (κ3) is 3.80. The second-order valence-corrected chi connectivity index (χ2v) is 5.56. The first-order valence-corrected chi connectivity index (χ1v) is 7.76. The molecule has 0 atom stereocenters. The summed E-state index contributed by atoms with van der Waals surface area (Å²) in [5.74, 6) is 0.757. The van der Waals surface area contributed by atoms with E-state index in [1.807, 2.05) is 19.1 Å². The molecule has 128 valence electrons. The summed E-state index contributed by atoms with van der Waals surface area (Å²) in [6.45, 7) is 1.72. The van der Waals surface area contributed by atoms with Gasteiger partial charge in [0.25, 0.3) is 5.91 Å². The van der Waals surface area contributed by atoms with Crippen molar-refractivity contribution in [2.75, 3.05) is 19.0 Å². The lowest BCUT2D eigenvalue weighted by Gasteiger charge is -2.11. The molecule has 3 aromatic rings. The van der Waals surface area contributed by atoms with Gasteiger partial charge in [-0.05, 0) is 36.8 Å². The van der Waals surface area contributed by atoms with E-state index in [2.05, 4.69) is 10.3 Å². The van der Waals surface area contributed by atoms with Gasteiger partial charge in [-0.1, -0.05) is 18.2 Å². The first kappa shape index (κ1) is 16.6. The van der Waals surface area contributed by atoms with Gasteiger partial charge in [-0.15, -0.1) is 0 Å². The molecular weight excluding hydrogens is 320 g/mol. The highest BCUT2D eigenvalue weighted by atomic mass is 16.5. The van der Waals surface area contributed by atoms with E-state index in [-0.39, 0.29) is 18.1 Å². The molecule has 0 spiro atoms. The van der Waals surface area contributed by atoms with Crippen molar-refractivity contribution in [3.05, 3.63) is 64.4 Å². The maximum Gasteiger partial charge on any atom is 0.262 e. The quantitative estimate of drug-likeness (QED) is 0.750. The predicted molar refractivity (Wildman–Crippen MR) is 96.4 cm³/mol. The molecule has 0 radical (unpaired) electrons. The Balaban J connectivity index is 1.70. The first-order chi connectivity index (χ1) is 12.1. The molecule has 25 heavy (non-hydrogen) atoms. The number of pyridine rings is 1. The zero-order chi connectivity index (χ0) is 17.8. The normalized spacial score (nSPS) is 10.5. The molecule has 0 saturated carbocycles. The molecule has 0 unspecified atom stereocenters. The first-order valence-electron chi connectivity index (χ1n) is 7.76. The van der Waals surface area contributed by atoms with Crippen LogP contribution in [0, 0.1) is 6.92 Å². The summed E-state index contributed by atoms with van der Waals surface area (Å²) in [4.78, 5) is 26.5. The van der Waals surface area contributed by atoms with Crippen LogP contribution in [-0.2, 0) is 4.79 Å². The Morgan fingerprint density at radius 3 is 2.64 bits per heavy atom. The van der Waals surface area contributed by atoms with Crippen LogP contribution in [0.5, 0.6) is 11.5 Å². The average Bonchev–Trinajstić information content (AvgIpc) is 2.59. The Labute approximate surface area is 144 Å². The summed E-state index contributed by atoms with van der Waals surface area (Å²) in [5.41, 5.74) is 1.97. The number of carbonyl (C=O) groups is 1. The Bertz CT molecular complexity index is 979. The van der Waals surface area contributed by atoms with Gasteiger partial charge < -0.3 is 19.8 Å². The Morgan fingerprint density at radius 2 is 1.88 bits per heavy atom. The van der Waals surface area contributed by atoms with Crippen LogP contribution in [0.25, 0.3) is 10.9 Å². The van der Waals surface area contributed by atoms with Crippen LogP contribution >= 0.6 is 0 Å². The molecule has 6 heteroatoms. The number of rotatable bonds is 5. The van der Waals surface area contributed by atoms with Gasteiger partial charge in [0.1, 0.15) is 0 Å². The number of fused-ring (bicyclic) bond motifs is 1. The number of carbonyl (C=O) groups excluding carboxylic acids is 1. The van der Waals surface area contributed by atoms with Crippen LogP contribution in [0.4, 0.5) is 5.69 Å². The Morgan fingerprint density at radius 1 is 1.12 bits per heavy atom. The van der Waals surface area contributed by atoms with E-state index in [0.29, 0.717) is 22.7 Å². The highest BCUT2D eigenvalue weighted by molar-refractivity contribution is 5.94. The van der Waals surface area contributed by atoms with E-state index >= 15 is 0 Å². The maximum atomic E-state index is 12.1. The van der Waals surface area contributed by atoms with E-state index < -0.39 is 0 Å². The zero-order valence-electron chi connectivity index (χ0n) is 14.0. The number of anilines is 1. The molecule has 6 nitrogen and oxygen atoms in total. The number of aromatic nitrogens is 1. The Hall–Kier alpha value is -3.28. The number of methoxy groups -OCH3 is 1. The van der Waals surface area contributed by atoms with Crippen molar-refractivity contribution in [2.24, 2.45) is 0 Å². The fourth-order valence-electron chi connectivity index (χ4n) is 2.59. The lowest BCUT2D eigenvalue weighted by molar-refractivity contribution is -0.118. The van der Waals surface area contributed by atoms with Gasteiger partial charge in [-0.2, -0.15) is 0 Å². The smallest absolute Gasteiger partial charge is 0.262 e. The number of para-hydroxylation sites is 2. The molecule has 0 saturated heterocycles. The maximum absolute atomic E-state index is 12.1. The molecular formula is C19H18N2O4. The largest absolute Gasteiger partial charge is 0.493 e. The number of benzene rings is 2. The molecule has 0 bridgehead atoms. The highest BCUT2D eigenvalue weighted by Crippen LogP contribution is 2.25. The molecule has 0 aliphatic heterocycles. The summed E-state index contributed by atoms with van der Waals surface area (Å²) in [6, 6.07) is 14.0. The lowest BCUT2D eigenvalue weighted by atomic mass is 10.1. The summed E-state index contributed by atoms with van der Waals surface area (Å²) in [7, 11) is 1.54. The molecule has 0 aliphatic carbocycles. The zero-order valence-corrected chi connectivity index (χ0v) is 14.0. The lowest BCUT2D eigenvalue weighted by Crippen LogP contribution is -2.20. The molecule has 1 amide bonds. The van der Waals surface area contributed by atoms with E-state index in [9.17, 15) is 9.59 Å². The summed E-state index contributed by atoms with van der Waals surface area (Å²) in [6.07, 6.45) is 0. The number of ether oxygens (including phenoxy) is 2. The second-order valence-electron chi connectivity index (χ2n) is 5.56. The van der Waals surface area contributed by atoms with Gasteiger partial charge in [0.2, 0.25) is 5.56 Å². The van der Waals surface area contributed by atoms with Crippen LogP contribution in [-0.4, -0.2) is 24.6 Å². The van der Waals surface area contributed by atoms with Crippen LogP contribution in [0.2, 0.25) is 0 Å². The number of H-pyrrole nitrogens is 1. The van der Waals surface area contributed by atoms with E-state index in [1.54, 1.807) is 43.5 Å². The minimum atomic E-state index is -0.305. The van der Waals surface area contributed by atoms with Gasteiger partial charge in [-0.3, -0.25) is 9.59 Å². The number of nitrogens with one attached hydrogen (secondary N) is 2. The van der Waals surface area contributed by atoms with E-state index in [4.69, 9.17) is 9.47 Å². The van der Waals surface area contributed by atoms with Crippen molar-refractivity contribution in [2.45, 2.75) is 6.92 Å². The van der Waals surface area contributed by atoms with Crippen molar-refractivity contribution >= 4 is 22.5 Å². The minimum absolute atomic E-state index is 0.150.